The van der Waals surface area contributed by atoms with Gasteiger partial charge in [-0.2, -0.15) is 0 Å². The number of hydrogen-bond donors (Lipinski definition) is 1. The zero-order chi connectivity index (χ0) is 13.3. The predicted octanol–water partition coefficient (Wildman–Crippen LogP) is 1.86. The Bertz CT molecular complexity index is 402. The third kappa shape index (κ3) is 3.02. The summed E-state index contributed by atoms with van der Waals surface area (Å²) >= 11 is 1.74. The molecule has 102 valence electrons. The maximum atomic E-state index is 5.96. The van der Waals surface area contributed by atoms with Gasteiger partial charge in [-0.25, -0.2) is 4.98 Å². The van der Waals surface area contributed by atoms with E-state index in [0.29, 0.717) is 0 Å². The van der Waals surface area contributed by atoms with Gasteiger partial charge in [0.15, 0.2) is 5.13 Å². The summed E-state index contributed by atoms with van der Waals surface area (Å²) in [6, 6.07) is 0.0854. The van der Waals surface area contributed by atoms with E-state index in [1.54, 1.807) is 11.3 Å². The molecule has 0 spiro atoms. The molecule has 0 aromatic carbocycles. The van der Waals surface area contributed by atoms with Crippen molar-refractivity contribution in [2.45, 2.75) is 26.3 Å². The lowest BCUT2D eigenvalue weighted by molar-refractivity contribution is 0.396. The van der Waals surface area contributed by atoms with Crippen molar-refractivity contribution in [2.75, 3.05) is 38.6 Å². The molecule has 0 saturated carbocycles. The van der Waals surface area contributed by atoms with Gasteiger partial charge in [0.05, 0.1) is 5.69 Å². The zero-order valence-corrected chi connectivity index (χ0v) is 12.6. The number of nitrogens with two attached hydrogens (primary N) is 1. The van der Waals surface area contributed by atoms with Crippen molar-refractivity contribution < 1.29 is 0 Å². The number of aryl methyl sites for hydroxylation is 1. The van der Waals surface area contributed by atoms with Crippen LogP contribution in [-0.2, 0) is 0 Å². The van der Waals surface area contributed by atoms with Gasteiger partial charge < -0.3 is 15.5 Å². The quantitative estimate of drug-likeness (QED) is 0.905. The molecule has 5 heteroatoms. The van der Waals surface area contributed by atoms with Gasteiger partial charge in [-0.05, 0) is 39.8 Å². The van der Waals surface area contributed by atoms with Crippen LogP contribution >= 0.6 is 11.3 Å². The van der Waals surface area contributed by atoms with Gasteiger partial charge in [0.25, 0.3) is 0 Å². The summed E-state index contributed by atoms with van der Waals surface area (Å²) < 4.78 is 0. The number of rotatable bonds is 4. The van der Waals surface area contributed by atoms with E-state index in [-0.39, 0.29) is 6.04 Å². The van der Waals surface area contributed by atoms with Crippen molar-refractivity contribution in [2.24, 2.45) is 11.7 Å². The lowest BCUT2D eigenvalue weighted by Crippen LogP contribution is -2.27. The Hall–Kier alpha value is -0.650. The molecule has 0 bridgehead atoms. The highest BCUT2D eigenvalue weighted by Crippen LogP contribution is 2.30. The zero-order valence-electron chi connectivity index (χ0n) is 11.8. The van der Waals surface area contributed by atoms with E-state index in [4.69, 9.17) is 5.73 Å². The molecule has 2 N–H and O–H groups in total. The summed E-state index contributed by atoms with van der Waals surface area (Å²) in [4.78, 5) is 10.5. The van der Waals surface area contributed by atoms with Gasteiger partial charge in [-0.1, -0.05) is 0 Å². The molecule has 2 heterocycles. The molecule has 1 aliphatic rings. The van der Waals surface area contributed by atoms with Crippen molar-refractivity contribution >= 4 is 16.5 Å². The average molecular weight is 268 g/mol. The van der Waals surface area contributed by atoms with Crippen LogP contribution in [0.15, 0.2) is 0 Å². The topological polar surface area (TPSA) is 45.4 Å². The molecule has 2 unspecified atom stereocenters. The Kier molecular flexibility index (Phi) is 4.25. The molecule has 2 rings (SSSR count). The van der Waals surface area contributed by atoms with Crippen molar-refractivity contribution in [3.63, 3.8) is 0 Å². The Labute approximate surface area is 114 Å². The van der Waals surface area contributed by atoms with Crippen LogP contribution in [0.2, 0.25) is 0 Å². The summed E-state index contributed by atoms with van der Waals surface area (Å²) in [5, 5.41) is 1.11. The maximum absolute atomic E-state index is 5.96. The van der Waals surface area contributed by atoms with Crippen LogP contribution in [0, 0.1) is 12.8 Å². The summed E-state index contributed by atoms with van der Waals surface area (Å²) in [7, 11) is 4.34. The molecular formula is C13H24N4S. The van der Waals surface area contributed by atoms with E-state index >= 15 is 0 Å². The SMILES string of the molecule is Cc1nc(N(C)CC2CCN(C)C2)sc1C(C)N. The molecule has 1 aromatic heterocycles. The van der Waals surface area contributed by atoms with Crippen molar-refractivity contribution in [1.82, 2.24) is 9.88 Å². The van der Waals surface area contributed by atoms with Gasteiger partial charge in [0.1, 0.15) is 0 Å². The molecule has 1 fully saturated rings. The second-order valence-electron chi connectivity index (χ2n) is 5.53. The highest BCUT2D eigenvalue weighted by atomic mass is 32.1. The first kappa shape index (κ1) is 13.8. The standard InChI is InChI=1S/C13H24N4S/c1-9(14)12-10(2)15-13(18-12)17(4)8-11-5-6-16(3)7-11/h9,11H,5-8,14H2,1-4H3. The van der Waals surface area contributed by atoms with E-state index in [9.17, 15) is 0 Å². The Morgan fingerprint density at radius 2 is 2.33 bits per heavy atom. The lowest BCUT2D eigenvalue weighted by Gasteiger charge is -2.20. The van der Waals surface area contributed by atoms with E-state index in [0.717, 1.165) is 23.3 Å². The maximum Gasteiger partial charge on any atom is 0.185 e. The van der Waals surface area contributed by atoms with Gasteiger partial charge in [0, 0.05) is 31.1 Å². The Morgan fingerprint density at radius 3 is 2.83 bits per heavy atom. The van der Waals surface area contributed by atoms with Gasteiger partial charge in [-0.3, -0.25) is 0 Å². The normalized spacial score (nSPS) is 22.4. The minimum absolute atomic E-state index is 0.0854. The van der Waals surface area contributed by atoms with Crippen LogP contribution in [0.5, 0.6) is 0 Å². The smallest absolute Gasteiger partial charge is 0.185 e. The molecule has 18 heavy (non-hydrogen) atoms. The number of aromatic nitrogens is 1. The predicted molar refractivity (Wildman–Crippen MR) is 78.3 cm³/mol. The van der Waals surface area contributed by atoms with E-state index in [1.807, 2.05) is 6.92 Å². The van der Waals surface area contributed by atoms with Crippen LogP contribution < -0.4 is 10.6 Å². The minimum atomic E-state index is 0.0854. The van der Waals surface area contributed by atoms with Gasteiger partial charge in [-0.15, -0.1) is 11.3 Å². The van der Waals surface area contributed by atoms with Crippen LogP contribution in [-0.4, -0.2) is 43.6 Å². The number of anilines is 1. The second kappa shape index (κ2) is 5.55. The van der Waals surface area contributed by atoms with Crippen molar-refractivity contribution in [1.29, 1.82) is 0 Å². The summed E-state index contributed by atoms with van der Waals surface area (Å²) in [6.45, 7) is 7.59. The van der Waals surface area contributed by atoms with Gasteiger partial charge in [0.2, 0.25) is 0 Å². The summed E-state index contributed by atoms with van der Waals surface area (Å²) in [5.41, 5.74) is 7.04. The summed E-state index contributed by atoms with van der Waals surface area (Å²) in [6.07, 6.45) is 1.30. The largest absolute Gasteiger partial charge is 0.351 e. The fraction of sp³-hybridized carbons (Fsp3) is 0.769. The first-order valence-electron chi connectivity index (χ1n) is 6.60. The molecule has 0 aliphatic carbocycles. The first-order valence-corrected chi connectivity index (χ1v) is 7.41. The van der Waals surface area contributed by atoms with Crippen molar-refractivity contribution in [3.05, 3.63) is 10.6 Å². The van der Waals surface area contributed by atoms with Crippen molar-refractivity contribution in [3.8, 4) is 0 Å². The van der Waals surface area contributed by atoms with Crippen LogP contribution in [0.4, 0.5) is 5.13 Å². The molecule has 1 saturated heterocycles. The molecule has 0 radical (unpaired) electrons. The van der Waals surface area contributed by atoms with Crippen LogP contribution in [0.3, 0.4) is 0 Å². The molecule has 4 nitrogen and oxygen atoms in total. The summed E-state index contributed by atoms with van der Waals surface area (Å²) in [5.74, 6) is 0.767. The Morgan fingerprint density at radius 1 is 1.61 bits per heavy atom. The third-order valence-corrected chi connectivity index (χ3v) is 5.05. The molecule has 0 amide bonds. The number of thiazole rings is 1. The number of likely N-dealkylation sites (tertiary alicyclic amines) is 1. The van der Waals surface area contributed by atoms with Crippen LogP contribution in [0.25, 0.3) is 0 Å². The Balaban J connectivity index is 2.00. The van der Waals surface area contributed by atoms with E-state index in [1.165, 1.54) is 24.4 Å². The molecule has 1 aromatic rings. The fourth-order valence-corrected chi connectivity index (χ4v) is 3.61. The van der Waals surface area contributed by atoms with Gasteiger partial charge >= 0.3 is 0 Å². The van der Waals surface area contributed by atoms with Crippen LogP contribution in [0.1, 0.15) is 30.0 Å². The third-order valence-electron chi connectivity index (χ3n) is 3.58. The highest BCUT2D eigenvalue weighted by molar-refractivity contribution is 7.15. The number of nitrogens with zero attached hydrogens (tertiary/aromatic N) is 3. The lowest BCUT2D eigenvalue weighted by atomic mass is 10.1. The monoisotopic (exact) mass is 268 g/mol. The second-order valence-corrected chi connectivity index (χ2v) is 6.54. The highest BCUT2D eigenvalue weighted by Gasteiger charge is 2.22. The molecular weight excluding hydrogens is 244 g/mol. The van der Waals surface area contributed by atoms with E-state index in [2.05, 4.69) is 35.8 Å². The molecule has 2 atom stereocenters. The number of hydrogen-bond acceptors (Lipinski definition) is 5. The molecule has 1 aliphatic heterocycles. The minimum Gasteiger partial charge on any atom is -0.351 e. The average Bonchev–Trinajstić information content (AvgIpc) is 2.85. The van der Waals surface area contributed by atoms with E-state index < -0.39 is 0 Å². The fourth-order valence-electron chi connectivity index (χ4n) is 2.62. The first-order chi connectivity index (χ1) is 8.47.